The van der Waals surface area contributed by atoms with Crippen molar-refractivity contribution in [1.29, 1.82) is 0 Å². The minimum absolute atomic E-state index is 0.224. The number of carbonyl (C=O) groups is 2. The van der Waals surface area contributed by atoms with Crippen LogP contribution in [0, 0.1) is 0 Å². The molecule has 1 aromatic carbocycles. The molecule has 1 rings (SSSR count). The molecule has 0 aliphatic heterocycles. The second-order valence-electron chi connectivity index (χ2n) is 3.51. The smallest absolute Gasteiger partial charge is 0.305 e. The highest BCUT2D eigenvalue weighted by atomic mass is 16.5. The van der Waals surface area contributed by atoms with E-state index in [1.807, 2.05) is 30.3 Å². The first-order valence-corrected chi connectivity index (χ1v) is 5.46. The summed E-state index contributed by atoms with van der Waals surface area (Å²) in [5, 5.41) is 0. The molecule has 1 aromatic rings. The summed E-state index contributed by atoms with van der Waals surface area (Å²) in [6.45, 7) is 0.407. The van der Waals surface area contributed by atoms with E-state index in [1.54, 1.807) is 0 Å². The van der Waals surface area contributed by atoms with Crippen molar-refractivity contribution in [2.24, 2.45) is 0 Å². The molecule has 0 aliphatic rings. The summed E-state index contributed by atoms with van der Waals surface area (Å²) < 4.78 is 5.04. The Morgan fingerprint density at radius 2 is 2.00 bits per heavy atom. The van der Waals surface area contributed by atoms with Crippen LogP contribution >= 0.6 is 0 Å². The first-order valence-electron chi connectivity index (χ1n) is 5.46. The van der Waals surface area contributed by atoms with Gasteiger partial charge in [-0.15, -0.1) is 0 Å². The first kappa shape index (κ1) is 12.4. The van der Waals surface area contributed by atoms with E-state index < -0.39 is 0 Å². The number of hydrogen-bond donors (Lipinski definition) is 0. The van der Waals surface area contributed by atoms with E-state index in [0.29, 0.717) is 25.9 Å². The van der Waals surface area contributed by atoms with Gasteiger partial charge in [0, 0.05) is 19.3 Å². The van der Waals surface area contributed by atoms with Gasteiger partial charge < -0.3 is 9.53 Å². The molecule has 0 radical (unpaired) electrons. The second-order valence-corrected chi connectivity index (χ2v) is 3.51. The maximum Gasteiger partial charge on any atom is 0.305 e. The van der Waals surface area contributed by atoms with Crippen molar-refractivity contribution in [3.8, 4) is 0 Å². The average Bonchev–Trinajstić information content (AvgIpc) is 2.31. The molecule has 0 unspecified atom stereocenters. The summed E-state index contributed by atoms with van der Waals surface area (Å²) in [5.41, 5.74) is 1.16. The topological polar surface area (TPSA) is 43.4 Å². The van der Waals surface area contributed by atoms with Crippen molar-refractivity contribution >= 4 is 12.3 Å². The van der Waals surface area contributed by atoms with Gasteiger partial charge in [-0.05, 0) is 12.0 Å². The SMILES string of the molecule is O=CCCCC(=O)OCCc1ccccc1. The van der Waals surface area contributed by atoms with E-state index in [0.717, 1.165) is 18.3 Å². The lowest BCUT2D eigenvalue weighted by atomic mass is 10.2. The Bertz CT molecular complexity index is 319. The Hall–Kier alpha value is -1.64. The first-order chi connectivity index (χ1) is 7.83. The van der Waals surface area contributed by atoms with Gasteiger partial charge in [0.2, 0.25) is 0 Å². The van der Waals surface area contributed by atoms with Crippen LogP contribution in [-0.4, -0.2) is 18.9 Å². The highest BCUT2D eigenvalue weighted by Gasteiger charge is 2.01. The van der Waals surface area contributed by atoms with Crippen LogP contribution in [0.1, 0.15) is 24.8 Å². The van der Waals surface area contributed by atoms with Crippen LogP contribution in [-0.2, 0) is 20.7 Å². The van der Waals surface area contributed by atoms with E-state index in [-0.39, 0.29) is 5.97 Å². The predicted molar refractivity (Wildman–Crippen MR) is 61.0 cm³/mol. The molecule has 0 aliphatic carbocycles. The molecule has 3 nitrogen and oxygen atoms in total. The highest BCUT2D eigenvalue weighted by Crippen LogP contribution is 2.01. The van der Waals surface area contributed by atoms with Crippen LogP contribution < -0.4 is 0 Å². The molecule has 0 saturated heterocycles. The van der Waals surface area contributed by atoms with E-state index in [1.165, 1.54) is 0 Å². The van der Waals surface area contributed by atoms with Gasteiger partial charge in [-0.2, -0.15) is 0 Å². The standard InChI is InChI=1S/C13H16O3/c14-10-5-4-8-13(15)16-11-9-12-6-2-1-3-7-12/h1-3,6-7,10H,4-5,8-9,11H2. The fraction of sp³-hybridized carbons (Fsp3) is 0.385. The zero-order valence-corrected chi connectivity index (χ0v) is 9.22. The molecular weight excluding hydrogens is 204 g/mol. The molecule has 16 heavy (non-hydrogen) atoms. The predicted octanol–water partition coefficient (Wildman–Crippen LogP) is 2.14. The Labute approximate surface area is 95.4 Å². The average molecular weight is 220 g/mol. The third-order valence-electron chi connectivity index (χ3n) is 2.20. The number of aldehydes is 1. The zero-order chi connectivity index (χ0) is 11.6. The molecule has 0 saturated carbocycles. The van der Waals surface area contributed by atoms with Crippen molar-refractivity contribution in [1.82, 2.24) is 0 Å². The summed E-state index contributed by atoms with van der Waals surface area (Å²) in [5.74, 6) is -0.224. The molecule has 0 amide bonds. The molecular formula is C13H16O3. The summed E-state index contributed by atoms with van der Waals surface area (Å²) in [7, 11) is 0. The maximum atomic E-state index is 11.2. The van der Waals surface area contributed by atoms with Gasteiger partial charge in [0.1, 0.15) is 6.29 Å². The van der Waals surface area contributed by atoms with Gasteiger partial charge in [0.15, 0.2) is 0 Å². The van der Waals surface area contributed by atoms with Gasteiger partial charge in [0.05, 0.1) is 6.61 Å². The van der Waals surface area contributed by atoms with Gasteiger partial charge in [0.25, 0.3) is 0 Å². The third kappa shape index (κ3) is 5.29. The lowest BCUT2D eigenvalue weighted by molar-refractivity contribution is -0.143. The lowest BCUT2D eigenvalue weighted by Gasteiger charge is -2.04. The number of benzene rings is 1. The Balaban J connectivity index is 2.11. The van der Waals surface area contributed by atoms with Crippen molar-refractivity contribution in [2.45, 2.75) is 25.7 Å². The monoisotopic (exact) mass is 220 g/mol. The second kappa shape index (κ2) is 7.63. The molecule has 3 heteroatoms. The van der Waals surface area contributed by atoms with Crippen molar-refractivity contribution in [2.75, 3.05) is 6.61 Å². The zero-order valence-electron chi connectivity index (χ0n) is 9.22. The normalized spacial score (nSPS) is 9.75. The molecule has 0 fully saturated rings. The van der Waals surface area contributed by atoms with Crippen molar-refractivity contribution in [3.05, 3.63) is 35.9 Å². The molecule has 0 N–H and O–H groups in total. The van der Waals surface area contributed by atoms with Crippen LogP contribution in [0.2, 0.25) is 0 Å². The molecule has 0 bridgehead atoms. The Kier molecular flexibility index (Phi) is 5.92. The van der Waals surface area contributed by atoms with Gasteiger partial charge in [-0.3, -0.25) is 4.79 Å². The third-order valence-corrected chi connectivity index (χ3v) is 2.20. The Morgan fingerprint density at radius 1 is 1.25 bits per heavy atom. The van der Waals surface area contributed by atoms with E-state index in [4.69, 9.17) is 4.74 Å². The van der Waals surface area contributed by atoms with E-state index in [2.05, 4.69) is 0 Å². The molecule has 0 spiro atoms. The van der Waals surface area contributed by atoms with Gasteiger partial charge in [-0.1, -0.05) is 30.3 Å². The van der Waals surface area contributed by atoms with Crippen LogP contribution in [0.3, 0.4) is 0 Å². The van der Waals surface area contributed by atoms with Gasteiger partial charge >= 0.3 is 5.97 Å². The maximum absolute atomic E-state index is 11.2. The summed E-state index contributed by atoms with van der Waals surface area (Å²) >= 11 is 0. The largest absolute Gasteiger partial charge is 0.465 e. The number of ether oxygens (including phenoxy) is 1. The summed E-state index contributed by atoms with van der Waals surface area (Å²) in [6, 6.07) is 9.87. The molecule has 0 atom stereocenters. The molecule has 0 aromatic heterocycles. The van der Waals surface area contributed by atoms with E-state index >= 15 is 0 Å². The minimum Gasteiger partial charge on any atom is -0.465 e. The van der Waals surface area contributed by atoms with E-state index in [9.17, 15) is 9.59 Å². The van der Waals surface area contributed by atoms with Crippen LogP contribution in [0.4, 0.5) is 0 Å². The number of rotatable bonds is 7. The summed E-state index contributed by atoms with van der Waals surface area (Å²) in [4.78, 5) is 21.2. The fourth-order valence-electron chi connectivity index (χ4n) is 1.33. The number of esters is 1. The minimum atomic E-state index is -0.224. The fourth-order valence-corrected chi connectivity index (χ4v) is 1.33. The summed E-state index contributed by atoms with van der Waals surface area (Å²) in [6.07, 6.45) is 2.88. The number of carbonyl (C=O) groups excluding carboxylic acids is 2. The van der Waals surface area contributed by atoms with Crippen LogP contribution in [0.15, 0.2) is 30.3 Å². The quantitative estimate of drug-likeness (QED) is 0.401. The number of unbranched alkanes of at least 4 members (excludes halogenated alkanes) is 1. The van der Waals surface area contributed by atoms with Crippen LogP contribution in [0.5, 0.6) is 0 Å². The lowest BCUT2D eigenvalue weighted by Crippen LogP contribution is -2.07. The number of hydrogen-bond acceptors (Lipinski definition) is 3. The van der Waals surface area contributed by atoms with Crippen molar-refractivity contribution < 1.29 is 14.3 Å². The molecule has 0 heterocycles. The van der Waals surface area contributed by atoms with Gasteiger partial charge in [-0.25, -0.2) is 0 Å². The highest BCUT2D eigenvalue weighted by molar-refractivity contribution is 5.69. The Morgan fingerprint density at radius 3 is 2.69 bits per heavy atom. The van der Waals surface area contributed by atoms with Crippen molar-refractivity contribution in [3.63, 3.8) is 0 Å². The van der Waals surface area contributed by atoms with Crippen LogP contribution in [0.25, 0.3) is 0 Å². The molecule has 86 valence electrons.